The van der Waals surface area contributed by atoms with Gasteiger partial charge in [0.2, 0.25) is 0 Å². The number of aromatic nitrogens is 3. The van der Waals surface area contributed by atoms with Gasteiger partial charge in [0.25, 0.3) is 5.56 Å². The molecule has 6 heteroatoms. The number of para-hydroxylation sites is 1. The number of aryl methyl sites for hydroxylation is 2. The van der Waals surface area contributed by atoms with Crippen LogP contribution in [0.5, 0.6) is 0 Å². The van der Waals surface area contributed by atoms with Crippen molar-refractivity contribution < 1.29 is 0 Å². The maximum atomic E-state index is 13.1. The minimum absolute atomic E-state index is 0.0697. The normalized spacial score (nSPS) is 12.5. The molecule has 0 radical (unpaired) electrons. The maximum Gasteiger partial charge on any atom is 0.295 e. The highest BCUT2D eigenvalue weighted by Crippen LogP contribution is 2.38. The van der Waals surface area contributed by atoms with Crippen molar-refractivity contribution in [1.82, 2.24) is 14.3 Å². The minimum Gasteiger partial charge on any atom is -0.325 e. The predicted molar refractivity (Wildman–Crippen MR) is 114 cm³/mol. The molecular formula is C22H20N4OS. The molecule has 0 saturated heterocycles. The van der Waals surface area contributed by atoms with E-state index in [1.807, 2.05) is 49.0 Å². The molecule has 0 amide bonds. The highest BCUT2D eigenvalue weighted by atomic mass is 32.1. The largest absolute Gasteiger partial charge is 0.325 e. The molecule has 140 valence electrons. The Bertz CT molecular complexity index is 1230. The molecule has 0 spiro atoms. The Morgan fingerprint density at radius 1 is 1.04 bits per heavy atom. The molecule has 2 aromatic heterocycles. The summed E-state index contributed by atoms with van der Waals surface area (Å²) in [6, 6.07) is 18.1. The van der Waals surface area contributed by atoms with E-state index in [0.717, 1.165) is 35.0 Å². The summed E-state index contributed by atoms with van der Waals surface area (Å²) in [7, 11) is 1.90. The van der Waals surface area contributed by atoms with E-state index in [1.165, 1.54) is 16.0 Å². The van der Waals surface area contributed by atoms with Crippen LogP contribution in [0.2, 0.25) is 0 Å². The van der Waals surface area contributed by atoms with Crippen LogP contribution in [0.25, 0.3) is 16.9 Å². The summed E-state index contributed by atoms with van der Waals surface area (Å²) in [6.07, 6.45) is 2.03. The van der Waals surface area contributed by atoms with Gasteiger partial charge in [-0.25, -0.2) is 9.67 Å². The summed E-state index contributed by atoms with van der Waals surface area (Å²) in [5.74, 6) is 0. The second kappa shape index (κ2) is 6.49. The van der Waals surface area contributed by atoms with Crippen LogP contribution in [-0.2, 0) is 19.9 Å². The van der Waals surface area contributed by atoms with Crippen LogP contribution >= 0.6 is 11.3 Å². The molecule has 5 rings (SSSR count). The van der Waals surface area contributed by atoms with Crippen LogP contribution in [0.4, 0.5) is 10.8 Å². The Morgan fingerprint density at radius 3 is 2.61 bits per heavy atom. The monoisotopic (exact) mass is 388 g/mol. The molecule has 0 saturated carbocycles. The van der Waals surface area contributed by atoms with Gasteiger partial charge in [-0.2, -0.15) is 0 Å². The first kappa shape index (κ1) is 17.0. The van der Waals surface area contributed by atoms with E-state index in [9.17, 15) is 4.79 Å². The topological polar surface area (TPSA) is 51.9 Å². The van der Waals surface area contributed by atoms with Crippen molar-refractivity contribution in [2.75, 3.05) is 5.32 Å². The maximum absolute atomic E-state index is 13.1. The predicted octanol–water partition coefficient (Wildman–Crippen LogP) is 4.45. The molecule has 1 aliphatic carbocycles. The Morgan fingerprint density at radius 2 is 1.79 bits per heavy atom. The second-order valence-corrected chi connectivity index (χ2v) is 8.09. The van der Waals surface area contributed by atoms with Crippen molar-refractivity contribution in [3.8, 4) is 16.9 Å². The van der Waals surface area contributed by atoms with Crippen molar-refractivity contribution in [2.24, 2.45) is 7.05 Å². The summed E-state index contributed by atoms with van der Waals surface area (Å²) >= 11 is 1.64. The molecule has 2 aromatic carbocycles. The Kier molecular flexibility index (Phi) is 3.94. The fraction of sp³-hybridized carbons (Fsp3) is 0.182. The molecule has 1 aliphatic rings. The smallest absolute Gasteiger partial charge is 0.295 e. The Labute approximate surface area is 166 Å². The third-order valence-electron chi connectivity index (χ3n) is 5.38. The number of rotatable bonds is 3. The SMILES string of the molecule is Cc1c(Nc2nc3c(s2)CCc2ccccc2-3)c(=O)n(-c2ccccc2)n1C. The summed E-state index contributed by atoms with van der Waals surface area (Å²) in [5.41, 5.74) is 5.83. The summed E-state index contributed by atoms with van der Waals surface area (Å²) in [4.78, 5) is 19.2. The van der Waals surface area contributed by atoms with Gasteiger partial charge in [0, 0.05) is 17.5 Å². The first-order chi connectivity index (χ1) is 13.6. The minimum atomic E-state index is -0.0697. The van der Waals surface area contributed by atoms with Gasteiger partial charge in [-0.05, 0) is 37.5 Å². The van der Waals surface area contributed by atoms with Crippen molar-refractivity contribution in [3.05, 3.63) is 81.1 Å². The van der Waals surface area contributed by atoms with Gasteiger partial charge < -0.3 is 5.32 Å². The third-order valence-corrected chi connectivity index (χ3v) is 6.41. The molecular weight excluding hydrogens is 368 g/mol. The van der Waals surface area contributed by atoms with Crippen molar-refractivity contribution in [2.45, 2.75) is 19.8 Å². The molecule has 28 heavy (non-hydrogen) atoms. The van der Waals surface area contributed by atoms with Gasteiger partial charge in [-0.1, -0.05) is 42.5 Å². The lowest BCUT2D eigenvalue weighted by Gasteiger charge is -2.13. The fourth-order valence-corrected chi connectivity index (χ4v) is 4.80. The number of anilines is 2. The Hall–Kier alpha value is -3.12. The van der Waals surface area contributed by atoms with Crippen molar-refractivity contribution >= 4 is 22.2 Å². The summed E-state index contributed by atoms with van der Waals surface area (Å²) in [5, 5.41) is 4.08. The van der Waals surface area contributed by atoms with Crippen LogP contribution in [-0.4, -0.2) is 14.3 Å². The number of nitrogens with one attached hydrogen (secondary N) is 1. The van der Waals surface area contributed by atoms with Crippen LogP contribution < -0.4 is 10.9 Å². The van der Waals surface area contributed by atoms with Gasteiger partial charge in [-0.3, -0.25) is 9.48 Å². The molecule has 5 nitrogen and oxygen atoms in total. The van der Waals surface area contributed by atoms with E-state index in [0.29, 0.717) is 5.69 Å². The van der Waals surface area contributed by atoms with Gasteiger partial charge in [0.05, 0.1) is 17.1 Å². The van der Waals surface area contributed by atoms with Gasteiger partial charge in [0.15, 0.2) is 5.13 Å². The Balaban J connectivity index is 1.56. The molecule has 1 N–H and O–H groups in total. The molecule has 0 aliphatic heterocycles. The first-order valence-corrected chi connectivity index (χ1v) is 10.1. The molecule has 0 unspecified atom stereocenters. The van der Waals surface area contributed by atoms with E-state index < -0.39 is 0 Å². The number of nitrogens with zero attached hydrogens (tertiary/aromatic N) is 3. The quantitative estimate of drug-likeness (QED) is 0.564. The lowest BCUT2D eigenvalue weighted by molar-refractivity contribution is 0.630. The van der Waals surface area contributed by atoms with Gasteiger partial charge in [-0.15, -0.1) is 11.3 Å². The number of thiazole rings is 1. The average molecular weight is 388 g/mol. The highest BCUT2D eigenvalue weighted by molar-refractivity contribution is 7.16. The van der Waals surface area contributed by atoms with Crippen LogP contribution in [0, 0.1) is 6.92 Å². The lowest BCUT2D eigenvalue weighted by atomic mass is 9.94. The van der Waals surface area contributed by atoms with Crippen LogP contribution in [0.3, 0.4) is 0 Å². The van der Waals surface area contributed by atoms with Gasteiger partial charge in [0.1, 0.15) is 5.69 Å². The number of hydrogen-bond donors (Lipinski definition) is 1. The standard InChI is InChI=1S/C22H20N4OS/c1-14-19(21(27)26(25(14)2)16-9-4-3-5-10-16)23-22-24-20-17-11-7-6-8-15(17)12-13-18(20)28-22/h3-11H,12-13H2,1-2H3,(H,23,24). The molecule has 0 bridgehead atoms. The van der Waals surface area contributed by atoms with Crippen LogP contribution in [0.1, 0.15) is 16.1 Å². The fourth-order valence-electron chi connectivity index (χ4n) is 3.82. The van der Waals surface area contributed by atoms with E-state index in [1.54, 1.807) is 16.0 Å². The van der Waals surface area contributed by atoms with E-state index in [-0.39, 0.29) is 5.56 Å². The molecule has 0 fully saturated rings. The molecule has 4 aromatic rings. The van der Waals surface area contributed by atoms with Crippen molar-refractivity contribution in [1.29, 1.82) is 0 Å². The van der Waals surface area contributed by atoms with Gasteiger partial charge >= 0.3 is 0 Å². The number of hydrogen-bond acceptors (Lipinski definition) is 4. The summed E-state index contributed by atoms with van der Waals surface area (Å²) < 4.78 is 3.56. The number of benzene rings is 2. The first-order valence-electron chi connectivity index (χ1n) is 9.32. The average Bonchev–Trinajstić information content (AvgIpc) is 3.23. The zero-order chi connectivity index (χ0) is 19.3. The molecule has 2 heterocycles. The van der Waals surface area contributed by atoms with E-state index >= 15 is 0 Å². The number of fused-ring (bicyclic) bond motifs is 3. The van der Waals surface area contributed by atoms with Crippen LogP contribution in [0.15, 0.2) is 59.4 Å². The zero-order valence-electron chi connectivity index (χ0n) is 15.8. The zero-order valence-corrected chi connectivity index (χ0v) is 16.6. The summed E-state index contributed by atoms with van der Waals surface area (Å²) in [6.45, 7) is 1.95. The van der Waals surface area contributed by atoms with E-state index in [4.69, 9.17) is 4.98 Å². The lowest BCUT2D eigenvalue weighted by Crippen LogP contribution is -2.20. The van der Waals surface area contributed by atoms with E-state index in [2.05, 4.69) is 29.6 Å². The van der Waals surface area contributed by atoms with Crippen molar-refractivity contribution in [3.63, 3.8) is 0 Å². The molecule has 0 atom stereocenters. The third kappa shape index (κ3) is 2.60. The highest BCUT2D eigenvalue weighted by Gasteiger charge is 2.22. The second-order valence-electron chi connectivity index (χ2n) is 7.01.